The number of hydrogen-bond donors (Lipinski definition) is 1. The van der Waals surface area contributed by atoms with Gasteiger partial charge in [0.2, 0.25) is 0 Å². The predicted molar refractivity (Wildman–Crippen MR) is 50.6 cm³/mol. The lowest BCUT2D eigenvalue weighted by Crippen LogP contribution is -2.23. The van der Waals surface area contributed by atoms with E-state index in [2.05, 4.69) is 10.4 Å². The molecule has 13 heavy (non-hydrogen) atoms. The highest BCUT2D eigenvalue weighted by atomic mass is 16.1. The topological polar surface area (TPSA) is 46.9 Å². The molecule has 4 nitrogen and oxygen atoms in total. The highest BCUT2D eigenvalue weighted by Gasteiger charge is 2.12. The highest BCUT2D eigenvalue weighted by Crippen LogP contribution is 2.06. The first kappa shape index (κ1) is 9.77. The van der Waals surface area contributed by atoms with Crippen molar-refractivity contribution in [2.24, 2.45) is 7.05 Å². The standard InChI is InChI=1S/C9H15N3O/c1-4-8-7(6-12(3)11-8)9(13)10-5-2/h6H,4-5H2,1-3H3,(H,10,13). The lowest BCUT2D eigenvalue weighted by molar-refractivity contribution is 0.0955. The molecule has 1 N–H and O–H groups in total. The first-order chi connectivity index (χ1) is 6.19. The second kappa shape index (κ2) is 4.07. The molecular weight excluding hydrogens is 166 g/mol. The van der Waals surface area contributed by atoms with E-state index in [-0.39, 0.29) is 5.91 Å². The van der Waals surface area contributed by atoms with Gasteiger partial charge in [-0.05, 0) is 13.3 Å². The van der Waals surface area contributed by atoms with Crippen LogP contribution in [0.2, 0.25) is 0 Å². The Morgan fingerprint density at radius 2 is 2.31 bits per heavy atom. The fourth-order valence-electron chi connectivity index (χ4n) is 1.24. The van der Waals surface area contributed by atoms with Gasteiger partial charge in [-0.1, -0.05) is 6.92 Å². The van der Waals surface area contributed by atoms with Crippen LogP contribution in [0.15, 0.2) is 6.20 Å². The summed E-state index contributed by atoms with van der Waals surface area (Å²) in [7, 11) is 1.82. The third-order valence-electron chi connectivity index (χ3n) is 1.82. The van der Waals surface area contributed by atoms with E-state index in [1.165, 1.54) is 0 Å². The van der Waals surface area contributed by atoms with Crippen molar-refractivity contribution < 1.29 is 4.79 Å². The van der Waals surface area contributed by atoms with E-state index in [4.69, 9.17) is 0 Å². The molecule has 0 saturated heterocycles. The minimum absolute atomic E-state index is 0.0348. The van der Waals surface area contributed by atoms with Gasteiger partial charge in [0.15, 0.2) is 0 Å². The van der Waals surface area contributed by atoms with Crippen LogP contribution in [0, 0.1) is 0 Å². The maximum atomic E-state index is 11.5. The average Bonchev–Trinajstić information content (AvgIpc) is 2.47. The van der Waals surface area contributed by atoms with Crippen LogP contribution >= 0.6 is 0 Å². The molecule has 0 aliphatic heterocycles. The first-order valence-corrected chi connectivity index (χ1v) is 4.49. The number of carbonyl (C=O) groups excluding carboxylic acids is 1. The summed E-state index contributed by atoms with van der Waals surface area (Å²) in [4.78, 5) is 11.5. The Morgan fingerprint density at radius 3 is 2.85 bits per heavy atom. The molecule has 0 radical (unpaired) electrons. The van der Waals surface area contributed by atoms with Crippen molar-refractivity contribution in [3.05, 3.63) is 17.5 Å². The third kappa shape index (κ3) is 2.08. The Kier molecular flexibility index (Phi) is 3.06. The number of rotatable bonds is 3. The summed E-state index contributed by atoms with van der Waals surface area (Å²) in [6, 6.07) is 0. The molecule has 0 aliphatic carbocycles. The fraction of sp³-hybridized carbons (Fsp3) is 0.556. The summed E-state index contributed by atoms with van der Waals surface area (Å²) >= 11 is 0. The van der Waals surface area contributed by atoms with Crippen LogP contribution in [0.4, 0.5) is 0 Å². The zero-order valence-corrected chi connectivity index (χ0v) is 8.29. The van der Waals surface area contributed by atoms with Crippen LogP contribution in [0.25, 0.3) is 0 Å². The van der Waals surface area contributed by atoms with Crippen molar-refractivity contribution in [2.75, 3.05) is 6.54 Å². The molecule has 0 bridgehead atoms. The number of aromatic nitrogens is 2. The minimum Gasteiger partial charge on any atom is -0.352 e. The molecule has 1 amide bonds. The number of nitrogens with zero attached hydrogens (tertiary/aromatic N) is 2. The Balaban J connectivity index is 2.91. The number of aryl methyl sites for hydroxylation is 2. The van der Waals surface area contributed by atoms with Gasteiger partial charge in [-0.3, -0.25) is 9.48 Å². The van der Waals surface area contributed by atoms with Gasteiger partial charge in [0.25, 0.3) is 5.91 Å². The second-order valence-electron chi connectivity index (χ2n) is 2.88. The summed E-state index contributed by atoms with van der Waals surface area (Å²) in [6.45, 7) is 4.54. The average molecular weight is 181 g/mol. The molecule has 1 aromatic rings. The van der Waals surface area contributed by atoms with Gasteiger partial charge in [-0.2, -0.15) is 5.10 Å². The van der Waals surface area contributed by atoms with Gasteiger partial charge in [0.1, 0.15) is 0 Å². The summed E-state index contributed by atoms with van der Waals surface area (Å²) in [5, 5.41) is 6.95. The molecule has 0 aliphatic rings. The van der Waals surface area contributed by atoms with E-state index in [9.17, 15) is 4.79 Å². The van der Waals surface area contributed by atoms with E-state index in [0.29, 0.717) is 12.1 Å². The van der Waals surface area contributed by atoms with Gasteiger partial charge in [-0.25, -0.2) is 0 Å². The van der Waals surface area contributed by atoms with Gasteiger partial charge < -0.3 is 5.32 Å². The van der Waals surface area contributed by atoms with Crippen molar-refractivity contribution in [1.29, 1.82) is 0 Å². The van der Waals surface area contributed by atoms with Crippen LogP contribution in [-0.2, 0) is 13.5 Å². The number of carbonyl (C=O) groups is 1. The highest BCUT2D eigenvalue weighted by molar-refractivity contribution is 5.95. The quantitative estimate of drug-likeness (QED) is 0.747. The molecule has 0 spiro atoms. The Morgan fingerprint density at radius 1 is 1.62 bits per heavy atom. The van der Waals surface area contributed by atoms with Gasteiger partial charge in [-0.15, -0.1) is 0 Å². The van der Waals surface area contributed by atoms with Crippen LogP contribution in [0.3, 0.4) is 0 Å². The van der Waals surface area contributed by atoms with E-state index < -0.39 is 0 Å². The molecule has 4 heteroatoms. The zero-order chi connectivity index (χ0) is 9.84. The largest absolute Gasteiger partial charge is 0.352 e. The second-order valence-corrected chi connectivity index (χ2v) is 2.88. The Hall–Kier alpha value is -1.32. The minimum atomic E-state index is -0.0348. The number of amides is 1. The maximum absolute atomic E-state index is 11.5. The molecule has 1 aromatic heterocycles. The molecule has 1 rings (SSSR count). The summed E-state index contributed by atoms with van der Waals surface area (Å²) in [6.07, 6.45) is 2.54. The lowest BCUT2D eigenvalue weighted by Gasteiger charge is -1.99. The van der Waals surface area contributed by atoms with Crippen LogP contribution in [0.5, 0.6) is 0 Å². The van der Waals surface area contributed by atoms with Gasteiger partial charge in [0.05, 0.1) is 11.3 Å². The Bertz CT molecular complexity index is 304. The van der Waals surface area contributed by atoms with Crippen LogP contribution in [0.1, 0.15) is 29.9 Å². The zero-order valence-electron chi connectivity index (χ0n) is 8.29. The molecule has 0 atom stereocenters. The molecule has 0 saturated carbocycles. The summed E-state index contributed by atoms with van der Waals surface area (Å²) in [5.74, 6) is -0.0348. The van der Waals surface area contributed by atoms with Crippen LogP contribution in [-0.4, -0.2) is 22.2 Å². The van der Waals surface area contributed by atoms with E-state index in [1.807, 2.05) is 20.9 Å². The van der Waals surface area contributed by atoms with Crippen molar-refractivity contribution in [3.8, 4) is 0 Å². The Labute approximate surface area is 77.9 Å². The van der Waals surface area contributed by atoms with Crippen molar-refractivity contribution >= 4 is 5.91 Å². The van der Waals surface area contributed by atoms with Gasteiger partial charge >= 0.3 is 0 Å². The van der Waals surface area contributed by atoms with E-state index >= 15 is 0 Å². The molecule has 0 fully saturated rings. The monoisotopic (exact) mass is 181 g/mol. The third-order valence-corrected chi connectivity index (χ3v) is 1.82. The summed E-state index contributed by atoms with van der Waals surface area (Å²) < 4.78 is 1.67. The smallest absolute Gasteiger partial charge is 0.254 e. The number of nitrogens with one attached hydrogen (secondary N) is 1. The van der Waals surface area contributed by atoms with Crippen molar-refractivity contribution in [2.45, 2.75) is 20.3 Å². The van der Waals surface area contributed by atoms with Gasteiger partial charge in [0, 0.05) is 19.8 Å². The number of hydrogen-bond acceptors (Lipinski definition) is 2. The van der Waals surface area contributed by atoms with Crippen molar-refractivity contribution in [3.63, 3.8) is 0 Å². The molecule has 72 valence electrons. The predicted octanol–water partition coefficient (Wildman–Crippen LogP) is 0.732. The normalized spacial score (nSPS) is 10.1. The molecule has 1 heterocycles. The lowest BCUT2D eigenvalue weighted by atomic mass is 10.2. The maximum Gasteiger partial charge on any atom is 0.254 e. The SMILES string of the molecule is CCNC(=O)c1cn(C)nc1CC. The molecule has 0 unspecified atom stereocenters. The van der Waals surface area contributed by atoms with E-state index in [1.54, 1.807) is 10.9 Å². The van der Waals surface area contributed by atoms with Crippen LogP contribution < -0.4 is 5.32 Å². The van der Waals surface area contributed by atoms with Crippen molar-refractivity contribution in [1.82, 2.24) is 15.1 Å². The molecule has 0 aromatic carbocycles. The molecular formula is C9H15N3O. The first-order valence-electron chi connectivity index (χ1n) is 4.49. The summed E-state index contributed by atoms with van der Waals surface area (Å²) in [5.41, 5.74) is 1.54. The van der Waals surface area contributed by atoms with E-state index in [0.717, 1.165) is 12.1 Å². The fourth-order valence-corrected chi connectivity index (χ4v) is 1.24.